The van der Waals surface area contributed by atoms with Crippen LogP contribution in [0.4, 0.5) is 0 Å². The highest BCUT2D eigenvalue weighted by Gasteiger charge is 2.24. The van der Waals surface area contributed by atoms with Crippen molar-refractivity contribution in [1.29, 1.82) is 5.26 Å². The molecule has 2 atom stereocenters. The Morgan fingerprint density at radius 3 is 2.85 bits per heavy atom. The van der Waals surface area contributed by atoms with E-state index in [1.54, 1.807) is 12.1 Å². The Balaban J connectivity index is 2.06. The zero-order valence-corrected chi connectivity index (χ0v) is 12.9. The monoisotopic (exact) mass is 336 g/mol. The molecule has 0 aromatic carbocycles. The Bertz CT molecular complexity index is 556. The molecule has 0 saturated heterocycles. The van der Waals surface area contributed by atoms with Crippen LogP contribution in [0, 0.1) is 17.2 Å². The van der Waals surface area contributed by atoms with Crippen LogP contribution < -0.4 is 5.32 Å². The first-order chi connectivity index (χ1) is 9.60. The number of nitrogens with one attached hydrogen (secondary N) is 1. The van der Waals surface area contributed by atoms with Crippen LogP contribution in [0.3, 0.4) is 0 Å². The molecule has 1 N–H and O–H groups in total. The van der Waals surface area contributed by atoms with Gasteiger partial charge in [0, 0.05) is 12.1 Å². The molecule has 1 fully saturated rings. The summed E-state index contributed by atoms with van der Waals surface area (Å²) in [5.41, 5.74) is 0.0737. The van der Waals surface area contributed by atoms with Crippen LogP contribution in [-0.4, -0.2) is 11.9 Å². The third-order valence-corrected chi connectivity index (χ3v) is 4.10. The minimum absolute atomic E-state index is 0.0737. The number of nitrogens with zero attached hydrogens (tertiary/aromatic N) is 1. The van der Waals surface area contributed by atoms with Gasteiger partial charge in [-0.25, -0.2) is 0 Å². The van der Waals surface area contributed by atoms with Crippen molar-refractivity contribution in [3.05, 3.63) is 28.1 Å². The van der Waals surface area contributed by atoms with E-state index in [1.807, 2.05) is 6.07 Å². The molecule has 1 aromatic rings. The Labute approximate surface area is 127 Å². The molecule has 1 heterocycles. The number of halogens is 1. The summed E-state index contributed by atoms with van der Waals surface area (Å²) < 4.78 is 5.86. The molecule has 0 bridgehead atoms. The smallest absolute Gasteiger partial charge is 0.262 e. The highest BCUT2D eigenvalue weighted by molar-refractivity contribution is 9.10. The molecule has 106 valence electrons. The third-order valence-electron chi connectivity index (χ3n) is 3.67. The molecule has 0 spiro atoms. The molecule has 4 nitrogen and oxygen atoms in total. The highest BCUT2D eigenvalue weighted by Crippen LogP contribution is 2.24. The predicted molar refractivity (Wildman–Crippen MR) is 79.6 cm³/mol. The van der Waals surface area contributed by atoms with Gasteiger partial charge in [-0.1, -0.05) is 19.8 Å². The number of nitriles is 1. The van der Waals surface area contributed by atoms with Gasteiger partial charge in [0.2, 0.25) is 0 Å². The molecule has 5 heteroatoms. The summed E-state index contributed by atoms with van der Waals surface area (Å²) in [4.78, 5) is 12.1. The van der Waals surface area contributed by atoms with Crippen molar-refractivity contribution in [2.24, 2.45) is 5.92 Å². The van der Waals surface area contributed by atoms with Crippen LogP contribution in [0.5, 0.6) is 0 Å². The molecule has 0 aliphatic heterocycles. The van der Waals surface area contributed by atoms with Crippen molar-refractivity contribution in [2.75, 3.05) is 0 Å². The van der Waals surface area contributed by atoms with Crippen molar-refractivity contribution in [3.63, 3.8) is 0 Å². The van der Waals surface area contributed by atoms with Crippen LogP contribution in [0.15, 0.2) is 26.8 Å². The summed E-state index contributed by atoms with van der Waals surface area (Å²) in [6.45, 7) is 2.14. The maximum Gasteiger partial charge on any atom is 0.262 e. The van der Waals surface area contributed by atoms with Gasteiger partial charge in [-0.05, 0) is 46.8 Å². The summed E-state index contributed by atoms with van der Waals surface area (Å²) in [6.07, 6.45) is 5.92. The highest BCUT2D eigenvalue weighted by atomic mass is 79.9. The molecule has 1 aliphatic carbocycles. The number of rotatable bonds is 3. The average molecular weight is 337 g/mol. The maximum absolute atomic E-state index is 12.1. The van der Waals surface area contributed by atoms with Crippen LogP contribution in [0.2, 0.25) is 0 Å². The summed E-state index contributed by atoms with van der Waals surface area (Å²) in [5.74, 6) is 0.629. The molecule has 0 radical (unpaired) electrons. The number of furan rings is 1. The van der Waals surface area contributed by atoms with Gasteiger partial charge in [-0.3, -0.25) is 4.79 Å². The van der Waals surface area contributed by atoms with Crippen LogP contribution in [-0.2, 0) is 4.79 Å². The lowest BCUT2D eigenvalue weighted by Gasteiger charge is -2.29. The van der Waals surface area contributed by atoms with Crippen LogP contribution in [0.25, 0.3) is 6.08 Å². The van der Waals surface area contributed by atoms with Crippen molar-refractivity contribution in [1.82, 2.24) is 5.32 Å². The second-order valence-corrected chi connectivity index (χ2v) is 5.93. The van der Waals surface area contributed by atoms with E-state index in [0.717, 1.165) is 19.3 Å². The first-order valence-corrected chi connectivity index (χ1v) is 7.57. The topological polar surface area (TPSA) is 66.0 Å². The standard InChI is InChI=1S/C15H17BrN2O2/c1-10-4-2-3-5-13(10)18-15(19)11(9-17)8-12-6-7-14(16)20-12/h6-8,10,13H,2-5H2,1H3,(H,18,19)/b11-8+/t10-,13-/m1/s1. The summed E-state index contributed by atoms with van der Waals surface area (Å²) in [7, 11) is 0. The summed E-state index contributed by atoms with van der Waals surface area (Å²) in [6, 6.07) is 5.53. The van der Waals surface area contributed by atoms with Gasteiger partial charge in [-0.15, -0.1) is 0 Å². The average Bonchev–Trinajstić information content (AvgIpc) is 2.84. The second-order valence-electron chi connectivity index (χ2n) is 5.15. The molecule has 0 unspecified atom stereocenters. The van der Waals surface area contributed by atoms with E-state index in [2.05, 4.69) is 28.2 Å². The quantitative estimate of drug-likeness (QED) is 0.676. The summed E-state index contributed by atoms with van der Waals surface area (Å²) in [5, 5.41) is 12.1. The molecule has 1 aromatic heterocycles. The number of hydrogen-bond acceptors (Lipinski definition) is 3. The Morgan fingerprint density at radius 1 is 1.50 bits per heavy atom. The fraction of sp³-hybridized carbons (Fsp3) is 0.467. The molecule has 1 aliphatic rings. The van der Waals surface area contributed by atoms with Gasteiger partial charge >= 0.3 is 0 Å². The Morgan fingerprint density at radius 2 is 2.25 bits per heavy atom. The lowest BCUT2D eigenvalue weighted by molar-refractivity contribution is -0.118. The van der Waals surface area contributed by atoms with Gasteiger partial charge in [0.1, 0.15) is 17.4 Å². The van der Waals surface area contributed by atoms with E-state index in [0.29, 0.717) is 16.3 Å². The Kier molecular flexibility index (Phi) is 5.02. The molecule has 20 heavy (non-hydrogen) atoms. The van der Waals surface area contributed by atoms with Gasteiger partial charge in [0.15, 0.2) is 4.67 Å². The molecular formula is C15H17BrN2O2. The molecule has 1 amide bonds. The van der Waals surface area contributed by atoms with E-state index >= 15 is 0 Å². The third kappa shape index (κ3) is 3.73. The number of carbonyl (C=O) groups excluding carboxylic acids is 1. The molecule has 2 rings (SSSR count). The largest absolute Gasteiger partial charge is 0.450 e. The van der Waals surface area contributed by atoms with Gasteiger partial charge < -0.3 is 9.73 Å². The number of carbonyl (C=O) groups is 1. The Hall–Kier alpha value is -1.54. The van der Waals surface area contributed by atoms with Crippen molar-refractivity contribution < 1.29 is 9.21 Å². The predicted octanol–water partition coefficient (Wildman–Crippen LogP) is 3.64. The van der Waals surface area contributed by atoms with E-state index in [1.165, 1.54) is 12.5 Å². The van der Waals surface area contributed by atoms with Crippen molar-refractivity contribution >= 4 is 27.9 Å². The van der Waals surface area contributed by atoms with Crippen LogP contribution >= 0.6 is 15.9 Å². The number of hydrogen-bond donors (Lipinski definition) is 1. The van der Waals surface area contributed by atoms with Crippen molar-refractivity contribution in [2.45, 2.75) is 38.6 Å². The zero-order chi connectivity index (χ0) is 14.5. The van der Waals surface area contributed by atoms with Gasteiger partial charge in [0.25, 0.3) is 5.91 Å². The summed E-state index contributed by atoms with van der Waals surface area (Å²) >= 11 is 3.19. The minimum atomic E-state index is -0.321. The lowest BCUT2D eigenvalue weighted by atomic mass is 9.86. The molecule has 1 saturated carbocycles. The second kappa shape index (κ2) is 6.76. The zero-order valence-electron chi connectivity index (χ0n) is 11.4. The first kappa shape index (κ1) is 14.9. The van der Waals surface area contributed by atoms with Crippen molar-refractivity contribution in [3.8, 4) is 6.07 Å². The SMILES string of the molecule is C[C@@H]1CCCC[C@H]1NC(=O)/C(C#N)=C/c1ccc(Br)o1. The normalized spacial score (nSPS) is 23.1. The fourth-order valence-electron chi connectivity index (χ4n) is 2.47. The minimum Gasteiger partial charge on any atom is -0.450 e. The van der Waals surface area contributed by atoms with E-state index in [9.17, 15) is 4.79 Å². The fourth-order valence-corrected chi connectivity index (χ4v) is 2.79. The maximum atomic E-state index is 12.1. The van der Waals surface area contributed by atoms with Gasteiger partial charge in [0.05, 0.1) is 0 Å². The molecular weight excluding hydrogens is 320 g/mol. The van der Waals surface area contributed by atoms with E-state index in [4.69, 9.17) is 9.68 Å². The van der Waals surface area contributed by atoms with Gasteiger partial charge in [-0.2, -0.15) is 5.26 Å². The lowest BCUT2D eigenvalue weighted by Crippen LogP contribution is -2.41. The van der Waals surface area contributed by atoms with Crippen LogP contribution in [0.1, 0.15) is 38.4 Å². The van der Waals surface area contributed by atoms with E-state index in [-0.39, 0.29) is 17.5 Å². The van der Waals surface area contributed by atoms with E-state index < -0.39 is 0 Å². The number of amides is 1. The first-order valence-electron chi connectivity index (χ1n) is 6.78.